The SMILES string of the molecule is Cc1ccc(C2=CCC(C)(C)c3ccc(N=Nc4ccc(C(=O)O)cc4)cc32)cc1. The monoisotopic (exact) mass is 396 g/mol. The molecule has 0 atom stereocenters. The summed E-state index contributed by atoms with van der Waals surface area (Å²) in [4.78, 5) is 11.0. The predicted molar refractivity (Wildman–Crippen MR) is 120 cm³/mol. The van der Waals surface area contributed by atoms with Crippen LogP contribution in [-0.4, -0.2) is 11.1 Å². The summed E-state index contributed by atoms with van der Waals surface area (Å²) in [6, 6.07) is 21.2. The lowest BCUT2D eigenvalue weighted by atomic mass is 9.72. The average Bonchev–Trinajstić information content (AvgIpc) is 2.73. The molecule has 0 aromatic heterocycles. The Bertz CT molecular complexity index is 1150. The quantitative estimate of drug-likeness (QED) is 0.473. The molecule has 1 aliphatic rings. The number of hydrogen-bond acceptors (Lipinski definition) is 3. The topological polar surface area (TPSA) is 62.0 Å². The van der Waals surface area contributed by atoms with Crippen LogP contribution in [0.5, 0.6) is 0 Å². The van der Waals surface area contributed by atoms with Gasteiger partial charge in [0.2, 0.25) is 0 Å². The number of fused-ring (bicyclic) bond motifs is 1. The van der Waals surface area contributed by atoms with Gasteiger partial charge >= 0.3 is 5.97 Å². The summed E-state index contributed by atoms with van der Waals surface area (Å²) in [5.74, 6) is -0.953. The highest BCUT2D eigenvalue weighted by atomic mass is 16.4. The summed E-state index contributed by atoms with van der Waals surface area (Å²) < 4.78 is 0. The van der Waals surface area contributed by atoms with Gasteiger partial charge < -0.3 is 5.11 Å². The summed E-state index contributed by atoms with van der Waals surface area (Å²) in [6.07, 6.45) is 3.30. The van der Waals surface area contributed by atoms with Crippen molar-refractivity contribution >= 4 is 22.9 Å². The fraction of sp³-hybridized carbons (Fsp3) is 0.192. The molecule has 0 spiro atoms. The van der Waals surface area contributed by atoms with E-state index in [4.69, 9.17) is 5.11 Å². The van der Waals surface area contributed by atoms with Crippen molar-refractivity contribution < 1.29 is 9.90 Å². The highest BCUT2D eigenvalue weighted by molar-refractivity contribution is 5.88. The Labute approximate surface area is 176 Å². The normalized spacial score (nSPS) is 15.0. The maximum Gasteiger partial charge on any atom is 0.335 e. The number of benzene rings is 3. The Morgan fingerprint density at radius 3 is 2.20 bits per heavy atom. The molecule has 0 bridgehead atoms. The summed E-state index contributed by atoms with van der Waals surface area (Å²) >= 11 is 0. The van der Waals surface area contributed by atoms with Gasteiger partial charge in [-0.1, -0.05) is 55.8 Å². The molecular weight excluding hydrogens is 372 g/mol. The second-order valence-corrected chi connectivity index (χ2v) is 8.35. The molecule has 3 aromatic rings. The van der Waals surface area contributed by atoms with Gasteiger partial charge in [0, 0.05) is 0 Å². The average molecular weight is 396 g/mol. The van der Waals surface area contributed by atoms with Crippen LogP contribution in [0.1, 0.15) is 52.9 Å². The number of carbonyl (C=O) groups is 1. The first-order chi connectivity index (χ1) is 14.3. The van der Waals surface area contributed by atoms with Crippen molar-refractivity contribution in [1.82, 2.24) is 0 Å². The van der Waals surface area contributed by atoms with Crippen LogP contribution in [0.3, 0.4) is 0 Å². The summed E-state index contributed by atoms with van der Waals surface area (Å²) in [5, 5.41) is 17.7. The Hall–Kier alpha value is -3.53. The molecule has 0 heterocycles. The number of allylic oxidation sites excluding steroid dienone is 1. The van der Waals surface area contributed by atoms with E-state index >= 15 is 0 Å². The van der Waals surface area contributed by atoms with Crippen LogP contribution in [-0.2, 0) is 5.41 Å². The lowest BCUT2D eigenvalue weighted by Gasteiger charge is -2.32. The second kappa shape index (κ2) is 7.71. The van der Waals surface area contributed by atoms with Crippen LogP contribution >= 0.6 is 0 Å². The second-order valence-electron chi connectivity index (χ2n) is 8.35. The van der Waals surface area contributed by atoms with E-state index in [1.807, 2.05) is 6.07 Å². The summed E-state index contributed by atoms with van der Waals surface area (Å²) in [7, 11) is 0. The lowest BCUT2D eigenvalue weighted by Crippen LogP contribution is -2.21. The third kappa shape index (κ3) is 3.94. The van der Waals surface area contributed by atoms with E-state index in [1.54, 1.807) is 12.1 Å². The zero-order valence-electron chi connectivity index (χ0n) is 17.4. The number of carboxylic acid groups (broad SMARTS) is 1. The van der Waals surface area contributed by atoms with Crippen molar-refractivity contribution in [3.05, 3.63) is 101 Å². The number of azo groups is 1. The van der Waals surface area contributed by atoms with Crippen LogP contribution in [0.25, 0.3) is 5.57 Å². The van der Waals surface area contributed by atoms with Gasteiger partial charge in [-0.3, -0.25) is 0 Å². The Morgan fingerprint density at radius 2 is 1.53 bits per heavy atom. The minimum atomic E-state index is -0.953. The number of aromatic carboxylic acids is 1. The molecule has 0 aliphatic heterocycles. The number of rotatable bonds is 4. The zero-order valence-corrected chi connectivity index (χ0v) is 17.4. The fourth-order valence-corrected chi connectivity index (χ4v) is 3.78. The third-order valence-corrected chi connectivity index (χ3v) is 5.60. The van der Waals surface area contributed by atoms with Crippen molar-refractivity contribution in [3.63, 3.8) is 0 Å². The van der Waals surface area contributed by atoms with E-state index in [1.165, 1.54) is 40.0 Å². The number of carboxylic acids is 1. The molecular formula is C26H24N2O2. The van der Waals surface area contributed by atoms with E-state index < -0.39 is 5.97 Å². The van der Waals surface area contributed by atoms with Gasteiger partial charge in [0.05, 0.1) is 16.9 Å². The number of hydrogen-bond donors (Lipinski definition) is 1. The number of aryl methyl sites for hydroxylation is 1. The van der Waals surface area contributed by atoms with Crippen LogP contribution in [0.15, 0.2) is 83.0 Å². The smallest absolute Gasteiger partial charge is 0.335 e. The Morgan fingerprint density at radius 1 is 0.900 bits per heavy atom. The van der Waals surface area contributed by atoms with Crippen LogP contribution in [0, 0.1) is 6.92 Å². The van der Waals surface area contributed by atoms with Gasteiger partial charge in [0.1, 0.15) is 0 Å². The van der Waals surface area contributed by atoms with Crippen molar-refractivity contribution in [2.45, 2.75) is 32.6 Å². The highest BCUT2D eigenvalue weighted by Crippen LogP contribution is 2.42. The van der Waals surface area contributed by atoms with E-state index in [0.717, 1.165) is 12.1 Å². The van der Waals surface area contributed by atoms with Crippen LogP contribution in [0.4, 0.5) is 11.4 Å². The van der Waals surface area contributed by atoms with Gasteiger partial charge in [0.15, 0.2) is 0 Å². The van der Waals surface area contributed by atoms with E-state index in [2.05, 4.69) is 73.5 Å². The number of nitrogens with zero attached hydrogens (tertiary/aromatic N) is 2. The van der Waals surface area contributed by atoms with Gasteiger partial charge in [-0.2, -0.15) is 10.2 Å². The first-order valence-electron chi connectivity index (χ1n) is 10.0. The molecule has 0 unspecified atom stereocenters. The summed E-state index contributed by atoms with van der Waals surface area (Å²) in [6.45, 7) is 6.62. The predicted octanol–water partition coefficient (Wildman–Crippen LogP) is 7.22. The summed E-state index contributed by atoms with van der Waals surface area (Å²) in [5.41, 5.74) is 7.86. The third-order valence-electron chi connectivity index (χ3n) is 5.60. The fourth-order valence-electron chi connectivity index (χ4n) is 3.78. The lowest BCUT2D eigenvalue weighted by molar-refractivity contribution is 0.0697. The van der Waals surface area contributed by atoms with Crippen LogP contribution < -0.4 is 0 Å². The first-order valence-corrected chi connectivity index (χ1v) is 10.0. The Balaban J connectivity index is 1.69. The molecule has 0 fully saturated rings. The molecule has 1 N–H and O–H groups in total. The van der Waals surface area contributed by atoms with Gasteiger partial charge in [-0.25, -0.2) is 4.79 Å². The molecule has 3 aromatic carbocycles. The molecule has 0 saturated carbocycles. The molecule has 1 aliphatic carbocycles. The minimum absolute atomic E-state index is 0.0614. The van der Waals surface area contributed by atoms with E-state index in [0.29, 0.717) is 5.69 Å². The maximum atomic E-state index is 11.0. The Kier molecular flexibility index (Phi) is 5.08. The van der Waals surface area contributed by atoms with Crippen LogP contribution in [0.2, 0.25) is 0 Å². The van der Waals surface area contributed by atoms with Gasteiger partial charge in [-0.05, 0) is 77.4 Å². The molecule has 150 valence electrons. The van der Waals surface area contributed by atoms with Crippen molar-refractivity contribution in [1.29, 1.82) is 0 Å². The molecule has 30 heavy (non-hydrogen) atoms. The standard InChI is InChI=1S/C26H24N2O2/c1-17-4-6-18(7-5-17)22-14-15-26(2,3)24-13-12-21(16-23(22)24)28-27-20-10-8-19(9-11-20)25(29)30/h4-14,16H,15H2,1-3H3,(H,29,30). The maximum absolute atomic E-state index is 11.0. The zero-order chi connectivity index (χ0) is 21.3. The molecule has 0 amide bonds. The minimum Gasteiger partial charge on any atom is -0.478 e. The van der Waals surface area contributed by atoms with Crippen molar-refractivity contribution in [3.8, 4) is 0 Å². The van der Waals surface area contributed by atoms with Crippen molar-refractivity contribution in [2.24, 2.45) is 10.2 Å². The van der Waals surface area contributed by atoms with E-state index in [9.17, 15) is 4.79 Å². The molecule has 4 rings (SSSR count). The molecule has 0 saturated heterocycles. The molecule has 4 heteroatoms. The van der Waals surface area contributed by atoms with Gasteiger partial charge in [0.25, 0.3) is 0 Å². The largest absolute Gasteiger partial charge is 0.478 e. The van der Waals surface area contributed by atoms with E-state index in [-0.39, 0.29) is 11.0 Å². The van der Waals surface area contributed by atoms with Gasteiger partial charge in [-0.15, -0.1) is 0 Å². The first kappa shape index (κ1) is 19.8. The molecule has 0 radical (unpaired) electrons. The highest BCUT2D eigenvalue weighted by Gasteiger charge is 2.28. The van der Waals surface area contributed by atoms with Crippen molar-refractivity contribution in [2.75, 3.05) is 0 Å². The molecule has 4 nitrogen and oxygen atoms in total.